The fraction of sp³-hybridized carbons (Fsp3) is 0.0545. The summed E-state index contributed by atoms with van der Waals surface area (Å²) in [5, 5.41) is 13.0. The van der Waals surface area contributed by atoms with Crippen LogP contribution in [0.15, 0.2) is 182 Å². The summed E-state index contributed by atoms with van der Waals surface area (Å²) in [6.07, 6.45) is 0. The van der Waals surface area contributed by atoms with E-state index in [1.54, 1.807) is 0 Å². The Hall–Kier alpha value is -6.54. The van der Waals surface area contributed by atoms with Crippen molar-refractivity contribution >= 4 is 74.6 Å². The lowest BCUT2D eigenvalue weighted by molar-refractivity contribution is 0.667. The van der Waals surface area contributed by atoms with Crippen LogP contribution < -0.4 is 0 Å². The largest absolute Gasteiger partial charge is 0.135 e. The van der Waals surface area contributed by atoms with Crippen molar-refractivity contribution in [3.63, 3.8) is 0 Å². The van der Waals surface area contributed by atoms with Gasteiger partial charge >= 0.3 is 0 Å². The lowest BCUT2D eigenvalue weighted by Crippen LogP contribution is -2.15. The van der Waals surface area contributed by atoms with E-state index in [-0.39, 0.29) is 5.41 Å². The van der Waals surface area contributed by atoms with Crippen LogP contribution in [0.25, 0.3) is 108 Å². The molecule has 1 aliphatic rings. The molecule has 1 aromatic heterocycles. The highest BCUT2D eigenvalue weighted by molar-refractivity contribution is 7.26. The van der Waals surface area contributed by atoms with Gasteiger partial charge in [0.1, 0.15) is 0 Å². The summed E-state index contributed by atoms with van der Waals surface area (Å²) >= 11 is 1.96. The summed E-state index contributed by atoms with van der Waals surface area (Å²) in [6.45, 7) is 4.85. The minimum absolute atomic E-state index is 0.139. The van der Waals surface area contributed by atoms with Gasteiger partial charge in [-0.2, -0.15) is 0 Å². The van der Waals surface area contributed by atoms with E-state index in [4.69, 9.17) is 0 Å². The van der Waals surface area contributed by atoms with Gasteiger partial charge in [-0.1, -0.05) is 172 Å². The van der Waals surface area contributed by atoms with E-state index >= 15 is 0 Å². The fourth-order valence-corrected chi connectivity index (χ4v) is 11.5. The molecule has 0 fully saturated rings. The fourth-order valence-electron chi connectivity index (χ4n) is 10.1. The molecule has 56 heavy (non-hydrogen) atoms. The van der Waals surface area contributed by atoms with Gasteiger partial charge in [0.05, 0.1) is 0 Å². The molecular weight excluding hydrogens is 693 g/mol. The molecule has 1 heterocycles. The molecule has 0 bridgehead atoms. The monoisotopic (exact) mass is 728 g/mol. The third-order valence-corrected chi connectivity index (χ3v) is 13.8. The Morgan fingerprint density at radius 3 is 1.68 bits per heavy atom. The van der Waals surface area contributed by atoms with Crippen molar-refractivity contribution in [2.24, 2.45) is 0 Å². The predicted octanol–water partition coefficient (Wildman–Crippen LogP) is 16.0. The third-order valence-electron chi connectivity index (χ3n) is 12.6. The first-order valence-electron chi connectivity index (χ1n) is 19.6. The Labute approximate surface area is 329 Å². The van der Waals surface area contributed by atoms with Gasteiger partial charge in [0.2, 0.25) is 0 Å². The molecule has 0 N–H and O–H groups in total. The quantitative estimate of drug-likeness (QED) is 0.159. The molecule has 262 valence electrons. The molecular formula is C55H36S. The zero-order chi connectivity index (χ0) is 37.1. The molecule has 10 aromatic carbocycles. The summed E-state index contributed by atoms with van der Waals surface area (Å²) in [5.41, 5.74) is 13.1. The van der Waals surface area contributed by atoms with E-state index in [0.29, 0.717) is 0 Å². The van der Waals surface area contributed by atoms with Gasteiger partial charge in [0, 0.05) is 25.6 Å². The van der Waals surface area contributed by atoms with Crippen LogP contribution in [0, 0.1) is 0 Å². The van der Waals surface area contributed by atoms with Gasteiger partial charge in [-0.05, 0) is 123 Å². The lowest BCUT2D eigenvalue weighted by atomic mass is 9.81. The first kappa shape index (κ1) is 31.8. The second-order valence-electron chi connectivity index (χ2n) is 16.0. The highest BCUT2D eigenvalue weighted by Crippen LogP contribution is 2.58. The van der Waals surface area contributed by atoms with E-state index in [0.717, 1.165) is 0 Å². The maximum atomic E-state index is 2.52. The Kier molecular flexibility index (Phi) is 6.66. The molecule has 0 saturated heterocycles. The second kappa shape index (κ2) is 11.7. The maximum absolute atomic E-state index is 2.52. The van der Waals surface area contributed by atoms with Crippen molar-refractivity contribution in [2.45, 2.75) is 19.3 Å². The predicted molar refractivity (Wildman–Crippen MR) is 243 cm³/mol. The van der Waals surface area contributed by atoms with Gasteiger partial charge < -0.3 is 0 Å². The van der Waals surface area contributed by atoms with Gasteiger partial charge in [-0.15, -0.1) is 11.3 Å². The molecule has 0 aliphatic heterocycles. The topological polar surface area (TPSA) is 0 Å². The molecule has 0 amide bonds. The van der Waals surface area contributed by atoms with Crippen molar-refractivity contribution in [1.82, 2.24) is 0 Å². The Morgan fingerprint density at radius 2 is 0.946 bits per heavy atom. The third kappa shape index (κ3) is 4.41. The van der Waals surface area contributed by atoms with Crippen LogP contribution in [0.2, 0.25) is 0 Å². The molecule has 0 nitrogen and oxygen atoms in total. The summed E-state index contributed by atoms with van der Waals surface area (Å²) < 4.78 is 2.76. The van der Waals surface area contributed by atoms with E-state index in [1.165, 1.54) is 119 Å². The summed E-state index contributed by atoms with van der Waals surface area (Å²) in [7, 11) is 0. The molecule has 0 spiro atoms. The van der Waals surface area contributed by atoms with E-state index in [9.17, 15) is 0 Å². The number of thiophene rings is 1. The van der Waals surface area contributed by atoms with Crippen LogP contribution >= 0.6 is 11.3 Å². The lowest BCUT2D eigenvalue weighted by Gasteiger charge is -2.23. The van der Waals surface area contributed by atoms with E-state index in [2.05, 4.69) is 196 Å². The first-order chi connectivity index (χ1) is 27.5. The van der Waals surface area contributed by atoms with Gasteiger partial charge in [0.15, 0.2) is 0 Å². The number of fused-ring (bicyclic) bond motifs is 12. The molecule has 1 heteroatoms. The summed E-state index contributed by atoms with van der Waals surface area (Å²) in [6, 6.07) is 68.1. The zero-order valence-electron chi connectivity index (χ0n) is 31.2. The molecule has 11 aromatic rings. The van der Waals surface area contributed by atoms with Gasteiger partial charge in [0.25, 0.3) is 0 Å². The van der Waals surface area contributed by atoms with Gasteiger partial charge in [-0.3, -0.25) is 0 Å². The van der Waals surface area contributed by atoms with Crippen molar-refractivity contribution < 1.29 is 0 Å². The van der Waals surface area contributed by atoms with Crippen LogP contribution in [0.1, 0.15) is 25.0 Å². The smallest absolute Gasteiger partial charge is 0.0403 e. The summed E-state index contributed by atoms with van der Waals surface area (Å²) in [5.74, 6) is 0. The minimum atomic E-state index is -0.139. The number of rotatable bonds is 3. The second-order valence-corrected chi connectivity index (χ2v) is 17.0. The molecule has 0 saturated carbocycles. The van der Waals surface area contributed by atoms with Crippen molar-refractivity contribution in [1.29, 1.82) is 0 Å². The number of benzene rings is 10. The minimum Gasteiger partial charge on any atom is -0.135 e. The Balaban J connectivity index is 1.15. The standard InChI is InChI=1S/C55H36S/c1-55(2)47-25-12-11-24-44(47)52-45(32-46-51-39-19-6-5-15-34(39)28-29-48(51)56-54(46)53(52)55)36-17-13-18-37(31-36)49-40-20-7-9-22-42(40)50(43-23-10-8-21-41(43)49)38-27-26-33-14-3-4-16-35(33)30-38/h3-32H,1-2H3. The van der Waals surface area contributed by atoms with Crippen LogP contribution in [0.5, 0.6) is 0 Å². The van der Waals surface area contributed by atoms with Crippen LogP contribution in [-0.4, -0.2) is 0 Å². The van der Waals surface area contributed by atoms with Crippen molar-refractivity contribution in [3.05, 3.63) is 193 Å². The normalized spacial score (nSPS) is 13.3. The number of hydrogen-bond donors (Lipinski definition) is 0. The molecule has 1 aliphatic carbocycles. The Bertz CT molecular complexity index is 3390. The first-order valence-corrected chi connectivity index (χ1v) is 20.4. The maximum Gasteiger partial charge on any atom is 0.0403 e. The van der Waals surface area contributed by atoms with Crippen LogP contribution in [0.4, 0.5) is 0 Å². The van der Waals surface area contributed by atoms with Crippen LogP contribution in [0.3, 0.4) is 0 Å². The number of hydrogen-bond acceptors (Lipinski definition) is 1. The van der Waals surface area contributed by atoms with Crippen molar-refractivity contribution in [2.75, 3.05) is 0 Å². The molecule has 0 unspecified atom stereocenters. The van der Waals surface area contributed by atoms with Gasteiger partial charge in [-0.25, -0.2) is 0 Å². The average molecular weight is 729 g/mol. The molecule has 0 atom stereocenters. The summed E-state index contributed by atoms with van der Waals surface area (Å²) in [4.78, 5) is 0. The van der Waals surface area contributed by atoms with E-state index in [1.807, 2.05) is 11.3 Å². The Morgan fingerprint density at radius 1 is 0.375 bits per heavy atom. The highest BCUT2D eigenvalue weighted by atomic mass is 32.1. The van der Waals surface area contributed by atoms with Crippen LogP contribution in [-0.2, 0) is 5.41 Å². The average Bonchev–Trinajstić information content (AvgIpc) is 3.74. The van der Waals surface area contributed by atoms with E-state index < -0.39 is 0 Å². The van der Waals surface area contributed by atoms with Crippen molar-refractivity contribution in [3.8, 4) is 44.5 Å². The molecule has 12 rings (SSSR count). The highest BCUT2D eigenvalue weighted by Gasteiger charge is 2.39. The zero-order valence-corrected chi connectivity index (χ0v) is 32.0. The SMILES string of the molecule is CC1(C)c2ccccc2-c2c(-c3cccc(-c4c5ccccc5c(-c5ccc6ccccc6c5)c5ccccc45)c3)cc3c(sc4ccc5ccccc5c43)c21. The molecule has 0 radical (unpaired) electrons.